The first-order chi connectivity index (χ1) is 17.8. The predicted octanol–water partition coefficient (Wildman–Crippen LogP) is 2.53. The van der Waals surface area contributed by atoms with Crippen LogP contribution in [0.1, 0.15) is 12.8 Å². The first-order valence-electron chi connectivity index (χ1n) is 12.2. The summed E-state index contributed by atoms with van der Waals surface area (Å²) in [6, 6.07) is 3.95. The normalized spacial score (nSPS) is 14.8. The molecule has 0 aliphatic carbocycles. The van der Waals surface area contributed by atoms with Crippen LogP contribution in [-0.4, -0.2) is 92.5 Å². The molecule has 1 aromatic carbocycles. The van der Waals surface area contributed by atoms with Crippen molar-refractivity contribution in [3.63, 3.8) is 0 Å². The van der Waals surface area contributed by atoms with Crippen molar-refractivity contribution in [1.29, 1.82) is 0 Å². The van der Waals surface area contributed by atoms with E-state index < -0.39 is 0 Å². The fraction of sp³-hybridized carbons (Fsp3) is 0.480. The van der Waals surface area contributed by atoms with Gasteiger partial charge in [0, 0.05) is 31.7 Å². The third kappa shape index (κ3) is 7.45. The molecule has 202 valence electrons. The van der Waals surface area contributed by atoms with Gasteiger partial charge in [0.25, 0.3) is 0 Å². The van der Waals surface area contributed by atoms with E-state index in [0.29, 0.717) is 40.6 Å². The van der Waals surface area contributed by atoms with Gasteiger partial charge in [-0.3, -0.25) is 4.79 Å². The number of nitrogens with zero attached hydrogens (tertiary/aromatic N) is 4. The number of likely N-dealkylation sites (N-methyl/N-ethyl adjacent to an activating group) is 1. The third-order valence-corrected chi connectivity index (χ3v) is 6.58. The SMILES string of the molecule is C=CC(=O)Nc1cc(Nc2ncc(Cl)c(NC(CO)CNC)n2)c(OC)cc1N1CCC(N(C)C)CC1. The lowest BCUT2D eigenvalue weighted by molar-refractivity contribution is -0.111. The second-order valence-corrected chi connectivity index (χ2v) is 9.45. The number of aliphatic hydroxyl groups is 1. The van der Waals surface area contributed by atoms with E-state index in [4.69, 9.17) is 16.3 Å². The molecule has 1 amide bonds. The Morgan fingerprint density at radius 3 is 2.68 bits per heavy atom. The van der Waals surface area contributed by atoms with Gasteiger partial charge in [0.2, 0.25) is 11.9 Å². The Labute approximate surface area is 223 Å². The minimum Gasteiger partial charge on any atom is -0.494 e. The quantitative estimate of drug-likeness (QED) is 0.260. The van der Waals surface area contributed by atoms with E-state index in [-0.39, 0.29) is 24.5 Å². The zero-order valence-electron chi connectivity index (χ0n) is 21.8. The topological polar surface area (TPSA) is 127 Å². The van der Waals surface area contributed by atoms with E-state index in [9.17, 15) is 9.90 Å². The van der Waals surface area contributed by atoms with Gasteiger partial charge in [0.1, 0.15) is 10.8 Å². The molecular formula is C25H37ClN8O3. The second kappa shape index (κ2) is 13.4. The molecular weight excluding hydrogens is 496 g/mol. The van der Waals surface area contributed by atoms with Crippen molar-refractivity contribution >= 4 is 46.3 Å². The molecule has 2 heterocycles. The number of carbonyl (C=O) groups excluding carboxylic acids is 1. The molecule has 11 nitrogen and oxygen atoms in total. The van der Waals surface area contributed by atoms with Crippen molar-refractivity contribution in [2.75, 3.05) is 75.3 Å². The standard InChI is InChI=1S/C25H37ClN8O3/c1-6-23(36)30-19-11-20(22(37-5)12-21(19)34-9-7-17(8-10-34)33(3)4)31-25-28-14-18(26)24(32-25)29-16(15-35)13-27-2/h6,11-12,14,16-17,27,35H,1,7-10,13,15H2,2-5H3,(H,30,36)(H2,28,29,31,32). The summed E-state index contributed by atoms with van der Waals surface area (Å²) in [6.07, 6.45) is 4.74. The maximum atomic E-state index is 12.3. The Bertz CT molecular complexity index is 1080. The molecule has 2 aromatic rings. The lowest BCUT2D eigenvalue weighted by atomic mass is 10.0. The van der Waals surface area contributed by atoms with Gasteiger partial charge in [-0.15, -0.1) is 0 Å². The van der Waals surface area contributed by atoms with Gasteiger partial charge in [-0.25, -0.2) is 4.98 Å². The number of nitrogens with one attached hydrogen (secondary N) is 4. The van der Waals surface area contributed by atoms with Gasteiger partial charge in [0.05, 0.1) is 43.0 Å². The summed E-state index contributed by atoms with van der Waals surface area (Å²) in [5.74, 6) is 0.909. The Morgan fingerprint density at radius 2 is 2.08 bits per heavy atom. The number of methoxy groups -OCH3 is 1. The van der Waals surface area contributed by atoms with E-state index in [0.717, 1.165) is 31.6 Å². The van der Waals surface area contributed by atoms with E-state index in [1.807, 2.05) is 6.07 Å². The van der Waals surface area contributed by atoms with Crippen LogP contribution in [0.5, 0.6) is 5.75 Å². The molecule has 1 unspecified atom stereocenters. The molecule has 1 saturated heterocycles. The van der Waals surface area contributed by atoms with Crippen LogP contribution in [0, 0.1) is 0 Å². The number of carbonyl (C=O) groups is 1. The number of piperidine rings is 1. The molecule has 1 aliphatic rings. The number of hydrogen-bond acceptors (Lipinski definition) is 10. The first-order valence-corrected chi connectivity index (χ1v) is 12.6. The fourth-order valence-corrected chi connectivity index (χ4v) is 4.40. The highest BCUT2D eigenvalue weighted by atomic mass is 35.5. The summed E-state index contributed by atoms with van der Waals surface area (Å²) in [6.45, 7) is 5.70. The summed E-state index contributed by atoms with van der Waals surface area (Å²) in [4.78, 5) is 25.5. The molecule has 3 rings (SSSR count). The zero-order valence-corrected chi connectivity index (χ0v) is 22.6. The largest absolute Gasteiger partial charge is 0.494 e. The third-order valence-electron chi connectivity index (χ3n) is 6.30. The number of halogens is 1. The summed E-state index contributed by atoms with van der Waals surface area (Å²) >= 11 is 6.29. The second-order valence-electron chi connectivity index (χ2n) is 9.04. The number of aliphatic hydroxyl groups excluding tert-OH is 1. The number of hydrogen-bond donors (Lipinski definition) is 5. The maximum absolute atomic E-state index is 12.3. The smallest absolute Gasteiger partial charge is 0.247 e. The van der Waals surface area contributed by atoms with Gasteiger partial charge in [-0.1, -0.05) is 18.2 Å². The molecule has 5 N–H and O–H groups in total. The predicted molar refractivity (Wildman–Crippen MR) is 149 cm³/mol. The van der Waals surface area contributed by atoms with Crippen molar-refractivity contribution in [3.8, 4) is 5.75 Å². The van der Waals surface area contributed by atoms with Crippen molar-refractivity contribution in [2.45, 2.75) is 24.9 Å². The molecule has 0 bridgehead atoms. The molecule has 1 aromatic heterocycles. The Hall–Kier alpha value is -3.12. The average molecular weight is 533 g/mol. The fourth-order valence-electron chi connectivity index (χ4n) is 4.25. The number of aromatic nitrogens is 2. The Kier molecular flexibility index (Phi) is 10.3. The van der Waals surface area contributed by atoms with Crippen LogP contribution in [0.25, 0.3) is 0 Å². The van der Waals surface area contributed by atoms with Crippen molar-refractivity contribution in [3.05, 3.63) is 36.0 Å². The van der Waals surface area contributed by atoms with E-state index in [1.165, 1.54) is 12.3 Å². The highest BCUT2D eigenvalue weighted by Crippen LogP contribution is 2.39. The lowest BCUT2D eigenvalue weighted by Crippen LogP contribution is -2.42. The molecule has 37 heavy (non-hydrogen) atoms. The summed E-state index contributed by atoms with van der Waals surface area (Å²) in [7, 11) is 7.58. The number of rotatable bonds is 12. The molecule has 0 saturated carbocycles. The van der Waals surface area contributed by atoms with Crippen molar-refractivity contribution < 1.29 is 14.6 Å². The highest BCUT2D eigenvalue weighted by Gasteiger charge is 2.24. The van der Waals surface area contributed by atoms with Crippen molar-refractivity contribution in [2.24, 2.45) is 0 Å². The van der Waals surface area contributed by atoms with Crippen LogP contribution in [-0.2, 0) is 4.79 Å². The van der Waals surface area contributed by atoms with E-state index in [1.54, 1.807) is 20.2 Å². The molecule has 0 spiro atoms. The lowest BCUT2D eigenvalue weighted by Gasteiger charge is -2.37. The average Bonchev–Trinajstić information content (AvgIpc) is 2.90. The number of benzene rings is 1. The van der Waals surface area contributed by atoms with Crippen LogP contribution in [0.4, 0.5) is 28.8 Å². The van der Waals surface area contributed by atoms with E-state index in [2.05, 4.69) is 61.7 Å². The number of anilines is 5. The Morgan fingerprint density at radius 1 is 1.35 bits per heavy atom. The van der Waals surface area contributed by atoms with Gasteiger partial charge >= 0.3 is 0 Å². The van der Waals surface area contributed by atoms with Gasteiger partial charge in [-0.2, -0.15) is 4.98 Å². The Balaban J connectivity index is 1.92. The van der Waals surface area contributed by atoms with Crippen LogP contribution < -0.4 is 30.9 Å². The molecule has 12 heteroatoms. The first kappa shape index (κ1) is 28.5. The van der Waals surface area contributed by atoms with Gasteiger partial charge in [0.15, 0.2) is 5.82 Å². The summed E-state index contributed by atoms with van der Waals surface area (Å²) in [5, 5.41) is 22.2. The van der Waals surface area contributed by atoms with Crippen LogP contribution in [0.15, 0.2) is 31.0 Å². The van der Waals surface area contributed by atoms with Crippen LogP contribution in [0.3, 0.4) is 0 Å². The summed E-state index contributed by atoms with van der Waals surface area (Å²) in [5.41, 5.74) is 2.06. The van der Waals surface area contributed by atoms with Crippen LogP contribution in [0.2, 0.25) is 5.02 Å². The summed E-state index contributed by atoms with van der Waals surface area (Å²) < 4.78 is 5.69. The molecule has 0 radical (unpaired) electrons. The zero-order chi connectivity index (χ0) is 26.9. The molecule has 1 atom stereocenters. The monoisotopic (exact) mass is 532 g/mol. The minimum atomic E-state index is -0.311. The number of ether oxygens (including phenoxy) is 1. The van der Waals surface area contributed by atoms with Crippen molar-refractivity contribution in [1.82, 2.24) is 20.2 Å². The highest BCUT2D eigenvalue weighted by molar-refractivity contribution is 6.32. The van der Waals surface area contributed by atoms with Gasteiger partial charge < -0.3 is 40.9 Å². The minimum absolute atomic E-state index is 0.0998. The van der Waals surface area contributed by atoms with E-state index >= 15 is 0 Å². The van der Waals surface area contributed by atoms with Gasteiger partial charge in [-0.05, 0) is 46.1 Å². The molecule has 1 aliphatic heterocycles. The van der Waals surface area contributed by atoms with Crippen LogP contribution >= 0.6 is 11.6 Å². The maximum Gasteiger partial charge on any atom is 0.247 e. The number of amides is 1. The molecule has 1 fully saturated rings.